The highest BCUT2D eigenvalue weighted by molar-refractivity contribution is 6.04. The molecule has 1 aliphatic rings. The third-order valence-electron chi connectivity index (χ3n) is 7.53. The van der Waals surface area contributed by atoms with E-state index in [0.29, 0.717) is 19.0 Å². The first-order chi connectivity index (χ1) is 18.0. The molecule has 4 aromatic rings. The third-order valence-corrected chi connectivity index (χ3v) is 7.53. The molecule has 2 unspecified atom stereocenters. The van der Waals surface area contributed by atoms with Crippen molar-refractivity contribution in [3.63, 3.8) is 0 Å². The molecule has 1 aromatic heterocycles. The molecular formula is C31H31N3O3. The predicted octanol–water partition coefficient (Wildman–Crippen LogP) is 5.53. The average Bonchev–Trinajstić information content (AvgIpc) is 2.95. The van der Waals surface area contributed by atoms with Crippen LogP contribution in [-0.2, 0) is 0 Å². The van der Waals surface area contributed by atoms with Crippen LogP contribution in [0.4, 0.5) is 0 Å². The maximum Gasteiger partial charge on any atom is 0.336 e. The first-order valence-corrected chi connectivity index (χ1v) is 12.8. The van der Waals surface area contributed by atoms with Crippen molar-refractivity contribution < 1.29 is 14.7 Å². The Morgan fingerprint density at radius 1 is 1.00 bits per heavy atom. The molecule has 0 saturated carbocycles. The van der Waals surface area contributed by atoms with Crippen LogP contribution in [0.25, 0.3) is 10.8 Å². The topological polar surface area (TPSA) is 82.5 Å². The summed E-state index contributed by atoms with van der Waals surface area (Å²) < 4.78 is 0. The van der Waals surface area contributed by atoms with E-state index in [1.54, 1.807) is 4.90 Å². The van der Waals surface area contributed by atoms with E-state index in [2.05, 4.69) is 71.8 Å². The number of carboxylic acids is 1. The number of hydrogen-bond donors (Lipinski definition) is 2. The van der Waals surface area contributed by atoms with E-state index in [1.807, 2.05) is 18.2 Å². The lowest BCUT2D eigenvalue weighted by atomic mass is 9.80. The minimum Gasteiger partial charge on any atom is -0.478 e. The number of carboxylic acid groups (broad SMARTS) is 1. The van der Waals surface area contributed by atoms with Gasteiger partial charge in [-0.25, -0.2) is 4.79 Å². The summed E-state index contributed by atoms with van der Waals surface area (Å²) in [5.41, 5.74) is 2.60. The number of hydrogen-bond acceptors (Lipinski definition) is 4. The molecule has 188 valence electrons. The van der Waals surface area contributed by atoms with Gasteiger partial charge in [-0.1, -0.05) is 72.8 Å². The molecular weight excluding hydrogens is 462 g/mol. The van der Waals surface area contributed by atoms with Gasteiger partial charge in [0.2, 0.25) is 0 Å². The first kappa shape index (κ1) is 24.7. The second-order valence-electron chi connectivity index (χ2n) is 9.74. The van der Waals surface area contributed by atoms with E-state index < -0.39 is 5.97 Å². The molecule has 2 N–H and O–H groups in total. The lowest BCUT2D eigenvalue weighted by Gasteiger charge is -2.39. The second kappa shape index (κ2) is 10.9. The maximum atomic E-state index is 13.4. The lowest BCUT2D eigenvalue weighted by molar-refractivity contribution is 0.0630. The molecule has 2 heterocycles. The normalized spacial score (nSPS) is 18.5. The molecule has 0 radical (unpaired) electrons. The molecule has 1 fully saturated rings. The van der Waals surface area contributed by atoms with Crippen molar-refractivity contribution in [2.75, 3.05) is 19.6 Å². The molecule has 6 nitrogen and oxygen atoms in total. The Labute approximate surface area is 217 Å². The number of amides is 1. The Bertz CT molecular complexity index is 1400. The molecule has 1 aliphatic heterocycles. The molecule has 3 aromatic carbocycles. The Hall–Kier alpha value is -4.03. The number of likely N-dealkylation sites (tertiary alicyclic amines) is 1. The highest BCUT2D eigenvalue weighted by Crippen LogP contribution is 2.34. The van der Waals surface area contributed by atoms with Crippen LogP contribution in [0.1, 0.15) is 57.1 Å². The van der Waals surface area contributed by atoms with Crippen LogP contribution in [-0.4, -0.2) is 46.5 Å². The summed E-state index contributed by atoms with van der Waals surface area (Å²) in [6.07, 6.45) is 3.59. The number of pyridine rings is 1. The van der Waals surface area contributed by atoms with Crippen LogP contribution in [0, 0.1) is 5.92 Å². The monoisotopic (exact) mass is 493 g/mol. The summed E-state index contributed by atoms with van der Waals surface area (Å²) in [4.78, 5) is 30.9. The number of rotatable bonds is 7. The van der Waals surface area contributed by atoms with Gasteiger partial charge in [0, 0.05) is 37.4 Å². The minimum atomic E-state index is -1.12. The predicted molar refractivity (Wildman–Crippen MR) is 145 cm³/mol. The van der Waals surface area contributed by atoms with Gasteiger partial charge < -0.3 is 15.3 Å². The van der Waals surface area contributed by atoms with E-state index in [-0.39, 0.29) is 29.0 Å². The van der Waals surface area contributed by atoms with Crippen molar-refractivity contribution in [2.24, 2.45) is 5.92 Å². The average molecular weight is 494 g/mol. The zero-order valence-corrected chi connectivity index (χ0v) is 20.9. The third kappa shape index (κ3) is 5.25. The van der Waals surface area contributed by atoms with E-state index in [4.69, 9.17) is 0 Å². The summed E-state index contributed by atoms with van der Waals surface area (Å²) in [7, 11) is 0. The number of fused-ring (bicyclic) bond motifs is 1. The molecule has 3 atom stereocenters. The van der Waals surface area contributed by atoms with Gasteiger partial charge in [-0.3, -0.25) is 9.78 Å². The van der Waals surface area contributed by atoms with Crippen molar-refractivity contribution in [2.45, 2.75) is 25.3 Å². The highest BCUT2D eigenvalue weighted by Gasteiger charge is 2.34. The van der Waals surface area contributed by atoms with Crippen LogP contribution < -0.4 is 5.32 Å². The number of nitrogens with one attached hydrogen (secondary N) is 1. The van der Waals surface area contributed by atoms with Crippen LogP contribution >= 0.6 is 0 Å². The number of carbonyl (C=O) groups excluding carboxylic acids is 1. The van der Waals surface area contributed by atoms with E-state index in [9.17, 15) is 14.7 Å². The smallest absolute Gasteiger partial charge is 0.336 e. The number of benzene rings is 3. The molecule has 0 spiro atoms. The molecule has 1 saturated heterocycles. The number of aromatic carboxylic acids is 1. The van der Waals surface area contributed by atoms with Gasteiger partial charge in [-0.15, -0.1) is 0 Å². The van der Waals surface area contributed by atoms with Gasteiger partial charge in [-0.05, 0) is 53.8 Å². The molecule has 1 amide bonds. The molecule has 0 aliphatic carbocycles. The Morgan fingerprint density at radius 2 is 1.76 bits per heavy atom. The van der Waals surface area contributed by atoms with Crippen molar-refractivity contribution >= 4 is 22.6 Å². The van der Waals surface area contributed by atoms with Crippen molar-refractivity contribution in [1.29, 1.82) is 0 Å². The number of aromatic nitrogens is 1. The molecule has 5 rings (SSSR count). The van der Waals surface area contributed by atoms with Crippen molar-refractivity contribution in [3.05, 3.63) is 114 Å². The van der Waals surface area contributed by atoms with Gasteiger partial charge in [0.25, 0.3) is 5.91 Å². The van der Waals surface area contributed by atoms with Gasteiger partial charge in [-0.2, -0.15) is 0 Å². The van der Waals surface area contributed by atoms with Crippen molar-refractivity contribution in [3.8, 4) is 0 Å². The van der Waals surface area contributed by atoms with Crippen molar-refractivity contribution in [1.82, 2.24) is 15.2 Å². The summed E-state index contributed by atoms with van der Waals surface area (Å²) >= 11 is 0. The van der Waals surface area contributed by atoms with E-state index in [1.165, 1.54) is 40.4 Å². The number of carbonyl (C=O) groups is 2. The summed E-state index contributed by atoms with van der Waals surface area (Å²) in [6.45, 7) is 4.13. The standard InChI is InChI=1S/C31H31N3O3/c1-21(25-13-7-11-22-10-5-6-12-26(22)25)33-18-24-15-17-34(20-29(24)23-8-3-2-4-9-23)30(35)28-19-32-16-14-27(28)31(36)37/h2-14,16,19,21,24,29,33H,15,17-18,20H2,1H3,(H,36,37)/t21-,24?,29?/m1/s1. The second-order valence-corrected chi connectivity index (χ2v) is 9.74. The number of nitrogens with zero attached hydrogens (tertiary/aromatic N) is 2. The lowest BCUT2D eigenvalue weighted by Crippen LogP contribution is -2.45. The fourth-order valence-corrected chi connectivity index (χ4v) is 5.50. The summed E-state index contributed by atoms with van der Waals surface area (Å²) in [6, 6.07) is 26.7. The molecule has 6 heteroatoms. The Balaban J connectivity index is 1.35. The maximum absolute atomic E-state index is 13.4. The van der Waals surface area contributed by atoms with Gasteiger partial charge in [0.05, 0.1) is 11.1 Å². The van der Waals surface area contributed by atoms with Gasteiger partial charge >= 0.3 is 5.97 Å². The highest BCUT2D eigenvalue weighted by atomic mass is 16.4. The van der Waals surface area contributed by atoms with Gasteiger partial charge in [0.15, 0.2) is 0 Å². The summed E-state index contributed by atoms with van der Waals surface area (Å²) in [5, 5.41) is 15.8. The van der Waals surface area contributed by atoms with Gasteiger partial charge in [0.1, 0.15) is 0 Å². The van der Waals surface area contributed by atoms with Crippen LogP contribution in [0.15, 0.2) is 91.3 Å². The molecule has 0 bridgehead atoms. The van der Waals surface area contributed by atoms with E-state index >= 15 is 0 Å². The fourth-order valence-electron chi connectivity index (χ4n) is 5.50. The quantitative estimate of drug-likeness (QED) is 0.354. The van der Waals surface area contributed by atoms with Crippen LogP contribution in [0.2, 0.25) is 0 Å². The zero-order chi connectivity index (χ0) is 25.8. The van der Waals surface area contributed by atoms with E-state index in [0.717, 1.165) is 13.0 Å². The largest absolute Gasteiger partial charge is 0.478 e. The van der Waals surface area contributed by atoms with Crippen LogP contribution in [0.3, 0.4) is 0 Å². The van der Waals surface area contributed by atoms with Crippen LogP contribution in [0.5, 0.6) is 0 Å². The summed E-state index contributed by atoms with van der Waals surface area (Å²) in [5.74, 6) is -0.929. The Kier molecular flexibility index (Phi) is 7.28. The zero-order valence-electron chi connectivity index (χ0n) is 20.9. The first-order valence-electron chi connectivity index (χ1n) is 12.8. The Morgan fingerprint density at radius 3 is 2.57 bits per heavy atom. The number of piperidine rings is 1. The SMILES string of the molecule is C[C@@H](NCC1CCN(C(=O)c2cnccc2C(=O)O)CC1c1ccccc1)c1cccc2ccccc12. The minimum absolute atomic E-state index is 0.0102. The fraction of sp³-hybridized carbons (Fsp3) is 0.258. The molecule has 37 heavy (non-hydrogen) atoms.